The lowest BCUT2D eigenvalue weighted by atomic mass is 9.77. The highest BCUT2D eigenvalue weighted by Gasteiger charge is 2.33. The van der Waals surface area contributed by atoms with Crippen molar-refractivity contribution in [2.75, 3.05) is 25.4 Å². The van der Waals surface area contributed by atoms with E-state index in [4.69, 9.17) is 0 Å². The first-order valence-corrected chi connectivity index (χ1v) is 15.2. The minimum Gasteiger partial charge on any atom is -0.478 e. The number of fused-ring (bicyclic) bond motifs is 1. The molecule has 1 aromatic heterocycles. The number of halogens is 2. The van der Waals surface area contributed by atoms with Crippen LogP contribution in [0.3, 0.4) is 0 Å². The summed E-state index contributed by atoms with van der Waals surface area (Å²) in [6.07, 6.45) is 6.68. The molecule has 4 aromatic rings. The quantitative estimate of drug-likeness (QED) is 0.165. The fourth-order valence-corrected chi connectivity index (χ4v) is 7.14. The Morgan fingerprint density at radius 2 is 1.57 bits per heavy atom. The standard InChI is InChI=1S/C33H34F2N2O2S/c34-25-7-12-28(13-8-25)40-20-2-17-36-18-15-22(16-19-36)31-29-14-9-26(35)21-30(29)37(32(31)23-3-1-4-23)27-10-5-24(6-11-27)33(38)39/h5-14,21-23H,1-4,15-20H2,(H,38,39). The molecule has 3 aromatic carbocycles. The largest absolute Gasteiger partial charge is 0.478 e. The van der Waals surface area contributed by atoms with Crippen molar-refractivity contribution in [3.63, 3.8) is 0 Å². The molecular weight excluding hydrogens is 526 g/mol. The van der Waals surface area contributed by atoms with Crippen molar-refractivity contribution in [1.82, 2.24) is 9.47 Å². The molecule has 0 spiro atoms. The predicted octanol–water partition coefficient (Wildman–Crippen LogP) is 8.24. The zero-order chi connectivity index (χ0) is 27.6. The van der Waals surface area contributed by atoms with Crippen molar-refractivity contribution in [2.24, 2.45) is 0 Å². The number of benzene rings is 3. The normalized spacial score (nSPS) is 16.9. The van der Waals surface area contributed by atoms with Crippen LogP contribution >= 0.6 is 11.8 Å². The van der Waals surface area contributed by atoms with Crippen molar-refractivity contribution in [3.8, 4) is 5.69 Å². The molecule has 2 fully saturated rings. The summed E-state index contributed by atoms with van der Waals surface area (Å²) in [4.78, 5) is 15.1. The average molecular weight is 561 g/mol. The number of aromatic carboxylic acids is 1. The Kier molecular flexibility index (Phi) is 7.94. The zero-order valence-electron chi connectivity index (χ0n) is 22.5. The van der Waals surface area contributed by atoms with Gasteiger partial charge in [-0.2, -0.15) is 0 Å². The first kappa shape index (κ1) is 27.0. The van der Waals surface area contributed by atoms with Gasteiger partial charge in [0.2, 0.25) is 0 Å². The van der Waals surface area contributed by atoms with E-state index in [1.807, 2.05) is 30.3 Å². The number of hydrogen-bond acceptors (Lipinski definition) is 3. The molecule has 208 valence electrons. The predicted molar refractivity (Wildman–Crippen MR) is 157 cm³/mol. The molecule has 1 saturated heterocycles. The Morgan fingerprint density at radius 1 is 0.875 bits per heavy atom. The second-order valence-electron chi connectivity index (χ2n) is 11.0. The van der Waals surface area contributed by atoms with E-state index >= 15 is 0 Å². The maximum absolute atomic E-state index is 14.6. The molecule has 0 radical (unpaired) electrons. The van der Waals surface area contributed by atoms with Crippen LogP contribution < -0.4 is 0 Å². The summed E-state index contributed by atoms with van der Waals surface area (Å²) in [5.74, 6) is 0.456. The van der Waals surface area contributed by atoms with Crippen molar-refractivity contribution in [1.29, 1.82) is 0 Å². The molecule has 1 saturated carbocycles. The third-order valence-corrected chi connectivity index (χ3v) is 9.67. The number of rotatable bonds is 9. The summed E-state index contributed by atoms with van der Waals surface area (Å²) in [5.41, 5.74) is 4.68. The second-order valence-corrected chi connectivity index (χ2v) is 12.2. The maximum Gasteiger partial charge on any atom is 0.335 e. The van der Waals surface area contributed by atoms with Crippen LogP contribution in [-0.4, -0.2) is 45.9 Å². The van der Waals surface area contributed by atoms with Crippen molar-refractivity contribution >= 4 is 28.6 Å². The molecule has 1 aliphatic carbocycles. The fourth-order valence-electron chi connectivity index (χ4n) is 6.30. The summed E-state index contributed by atoms with van der Waals surface area (Å²) in [6, 6.07) is 18.9. The molecule has 2 heterocycles. The highest BCUT2D eigenvalue weighted by molar-refractivity contribution is 7.99. The Hall–Kier alpha value is -3.16. The Morgan fingerprint density at radius 3 is 2.23 bits per heavy atom. The van der Waals surface area contributed by atoms with Crippen LogP contribution in [0.25, 0.3) is 16.6 Å². The van der Waals surface area contributed by atoms with Gasteiger partial charge in [-0.1, -0.05) is 6.42 Å². The number of hydrogen-bond donors (Lipinski definition) is 1. The van der Waals surface area contributed by atoms with E-state index in [-0.39, 0.29) is 17.2 Å². The van der Waals surface area contributed by atoms with Gasteiger partial charge < -0.3 is 14.6 Å². The van der Waals surface area contributed by atoms with Crippen LogP contribution in [0.5, 0.6) is 0 Å². The molecule has 7 heteroatoms. The molecule has 40 heavy (non-hydrogen) atoms. The summed E-state index contributed by atoms with van der Waals surface area (Å²) < 4.78 is 29.9. The number of nitrogens with zero attached hydrogens (tertiary/aromatic N) is 2. The third kappa shape index (κ3) is 5.54. The first-order valence-electron chi connectivity index (χ1n) is 14.3. The van der Waals surface area contributed by atoms with Gasteiger partial charge in [-0.05, 0) is 142 Å². The molecule has 2 aliphatic rings. The summed E-state index contributed by atoms with van der Waals surface area (Å²) in [7, 11) is 0. The van der Waals surface area contributed by atoms with Gasteiger partial charge >= 0.3 is 5.97 Å². The van der Waals surface area contributed by atoms with Gasteiger partial charge in [0, 0.05) is 21.7 Å². The fraction of sp³-hybridized carbons (Fsp3) is 0.364. The van der Waals surface area contributed by atoms with Gasteiger partial charge in [0.05, 0.1) is 11.1 Å². The van der Waals surface area contributed by atoms with Gasteiger partial charge in [-0.25, -0.2) is 13.6 Å². The minimum absolute atomic E-state index is 0.197. The van der Waals surface area contributed by atoms with E-state index < -0.39 is 5.97 Å². The van der Waals surface area contributed by atoms with E-state index in [0.29, 0.717) is 11.8 Å². The van der Waals surface area contributed by atoms with Crippen LogP contribution in [0, 0.1) is 11.6 Å². The van der Waals surface area contributed by atoms with E-state index in [1.165, 1.54) is 29.8 Å². The topological polar surface area (TPSA) is 45.5 Å². The molecule has 0 bridgehead atoms. The van der Waals surface area contributed by atoms with E-state index in [1.54, 1.807) is 36.0 Å². The number of aromatic nitrogens is 1. The van der Waals surface area contributed by atoms with Crippen LogP contribution in [-0.2, 0) is 0 Å². The zero-order valence-corrected chi connectivity index (χ0v) is 23.3. The van der Waals surface area contributed by atoms with Gasteiger partial charge in [-0.15, -0.1) is 11.8 Å². The van der Waals surface area contributed by atoms with Gasteiger partial charge in [0.1, 0.15) is 11.6 Å². The van der Waals surface area contributed by atoms with Crippen molar-refractivity contribution in [2.45, 2.75) is 55.3 Å². The van der Waals surface area contributed by atoms with E-state index in [9.17, 15) is 18.7 Å². The minimum atomic E-state index is -0.948. The average Bonchev–Trinajstić information content (AvgIpc) is 3.25. The van der Waals surface area contributed by atoms with Crippen LogP contribution in [0.4, 0.5) is 8.78 Å². The Labute approximate surface area is 238 Å². The third-order valence-electron chi connectivity index (χ3n) is 8.57. The highest BCUT2D eigenvalue weighted by Crippen LogP contribution is 2.47. The smallest absolute Gasteiger partial charge is 0.335 e. The molecule has 0 amide bonds. The number of piperidine rings is 1. The van der Waals surface area contributed by atoms with Crippen molar-refractivity contribution < 1.29 is 18.7 Å². The number of likely N-dealkylation sites (tertiary alicyclic amines) is 1. The maximum atomic E-state index is 14.6. The Balaban J connectivity index is 1.22. The van der Waals surface area contributed by atoms with Gasteiger partial charge in [0.15, 0.2) is 0 Å². The highest BCUT2D eigenvalue weighted by atomic mass is 32.2. The van der Waals surface area contributed by atoms with E-state index in [2.05, 4.69) is 9.47 Å². The monoisotopic (exact) mass is 560 g/mol. The van der Waals surface area contributed by atoms with Crippen LogP contribution in [0.1, 0.15) is 72.0 Å². The lowest BCUT2D eigenvalue weighted by molar-refractivity contribution is 0.0697. The van der Waals surface area contributed by atoms with Crippen molar-refractivity contribution in [3.05, 3.63) is 95.2 Å². The molecular formula is C33H34F2N2O2S. The number of thioether (sulfide) groups is 1. The number of carbonyl (C=O) groups is 1. The Bertz CT molecular complexity index is 1490. The van der Waals surface area contributed by atoms with Crippen LogP contribution in [0.2, 0.25) is 0 Å². The number of carboxylic acids is 1. The molecule has 0 unspecified atom stereocenters. The van der Waals surface area contributed by atoms with Gasteiger partial charge in [-0.3, -0.25) is 0 Å². The number of carboxylic acid groups (broad SMARTS) is 1. The second kappa shape index (κ2) is 11.8. The summed E-state index contributed by atoms with van der Waals surface area (Å²) in [6.45, 7) is 3.13. The van der Waals surface area contributed by atoms with Crippen LogP contribution in [0.15, 0.2) is 71.6 Å². The molecule has 1 aliphatic heterocycles. The van der Waals surface area contributed by atoms with Gasteiger partial charge in [0.25, 0.3) is 0 Å². The molecule has 1 N–H and O–H groups in total. The van der Waals surface area contributed by atoms with E-state index in [0.717, 1.165) is 79.0 Å². The molecule has 4 nitrogen and oxygen atoms in total. The lowest BCUT2D eigenvalue weighted by Crippen LogP contribution is -2.34. The molecule has 6 rings (SSSR count). The molecule has 0 atom stereocenters. The summed E-state index contributed by atoms with van der Waals surface area (Å²) in [5, 5.41) is 10.5. The first-order chi connectivity index (χ1) is 19.5. The summed E-state index contributed by atoms with van der Waals surface area (Å²) >= 11 is 1.78. The lowest BCUT2D eigenvalue weighted by Gasteiger charge is -2.35. The SMILES string of the molecule is O=C(O)c1ccc(-n2c(C3CCC3)c(C3CCN(CCCSc4ccc(F)cc4)CC3)c3ccc(F)cc32)cc1.